The molecule has 0 radical (unpaired) electrons. The van der Waals surface area contributed by atoms with Gasteiger partial charge in [0.1, 0.15) is 12.4 Å². The zero-order chi connectivity index (χ0) is 19.3. The molecule has 2 aromatic carbocycles. The zero-order valence-corrected chi connectivity index (χ0v) is 19.9. The summed E-state index contributed by atoms with van der Waals surface area (Å²) in [7, 11) is 0. The molecule has 1 N–H and O–H groups in total. The molecule has 0 saturated carbocycles. The summed E-state index contributed by atoms with van der Waals surface area (Å²) < 4.78 is 6.20. The molecular formula is C24H30Cl2N2OS. The Labute approximate surface area is 196 Å². The minimum Gasteiger partial charge on any atom is -0.488 e. The smallest absolute Gasteiger partial charge is 0.125 e. The predicted molar refractivity (Wildman–Crippen MR) is 132 cm³/mol. The molecule has 0 spiro atoms. The number of hydrogen-bond acceptors (Lipinski definition) is 4. The van der Waals surface area contributed by atoms with Crippen LogP contribution in [-0.4, -0.2) is 31.1 Å². The van der Waals surface area contributed by atoms with Crippen LogP contribution in [0.2, 0.25) is 0 Å². The molecule has 1 aliphatic rings. The van der Waals surface area contributed by atoms with Gasteiger partial charge in [-0.2, -0.15) is 0 Å². The monoisotopic (exact) mass is 464 g/mol. The average molecular weight is 465 g/mol. The van der Waals surface area contributed by atoms with Crippen molar-refractivity contribution in [2.24, 2.45) is 0 Å². The number of ether oxygens (including phenoxy) is 1. The van der Waals surface area contributed by atoms with Crippen molar-refractivity contribution >= 4 is 36.2 Å². The third kappa shape index (κ3) is 5.77. The maximum atomic E-state index is 6.20. The summed E-state index contributed by atoms with van der Waals surface area (Å²) in [4.78, 5) is 4.01. The topological polar surface area (TPSA) is 24.5 Å². The number of aryl methyl sites for hydroxylation is 2. The van der Waals surface area contributed by atoms with Gasteiger partial charge >= 0.3 is 0 Å². The summed E-state index contributed by atoms with van der Waals surface area (Å²) in [5.74, 6) is 1.01. The van der Waals surface area contributed by atoms with Crippen LogP contribution in [0.5, 0.6) is 5.75 Å². The van der Waals surface area contributed by atoms with Crippen LogP contribution in [0.25, 0.3) is 0 Å². The van der Waals surface area contributed by atoms with Gasteiger partial charge in [0.05, 0.1) is 6.04 Å². The molecule has 0 bridgehead atoms. The van der Waals surface area contributed by atoms with Crippen LogP contribution < -0.4 is 10.1 Å². The van der Waals surface area contributed by atoms with Gasteiger partial charge < -0.3 is 10.1 Å². The Hall–Kier alpha value is -1.56. The molecule has 2 heterocycles. The Kier molecular flexibility index (Phi) is 9.66. The second-order valence-corrected chi connectivity index (χ2v) is 8.44. The largest absolute Gasteiger partial charge is 0.488 e. The Bertz CT molecular complexity index is 874. The van der Waals surface area contributed by atoms with E-state index >= 15 is 0 Å². The standard InChI is InChI=1S/C24H28N2OS.2ClH/c1-18-15-21(16-19(2)24(18)27-17-20-7-4-3-5-8-20)23(22-9-6-14-28-22)26-12-10-25-11-13-26;;/h3-9,14-16,23,25H,10-13,17H2,1-2H3;2*1H/t23-;;/m0../s1. The fourth-order valence-electron chi connectivity index (χ4n) is 4.04. The zero-order valence-electron chi connectivity index (χ0n) is 17.5. The van der Waals surface area contributed by atoms with Crippen LogP contribution in [0.3, 0.4) is 0 Å². The summed E-state index contributed by atoms with van der Waals surface area (Å²) in [6.45, 7) is 9.20. The molecule has 162 valence electrons. The van der Waals surface area contributed by atoms with Crippen molar-refractivity contribution in [1.82, 2.24) is 10.2 Å². The van der Waals surface area contributed by atoms with Gasteiger partial charge in [-0.15, -0.1) is 36.2 Å². The van der Waals surface area contributed by atoms with Gasteiger partial charge in [0.15, 0.2) is 0 Å². The van der Waals surface area contributed by atoms with Gasteiger partial charge in [-0.3, -0.25) is 4.90 Å². The molecule has 1 fully saturated rings. The first-order chi connectivity index (χ1) is 13.7. The first kappa shape index (κ1) is 24.7. The van der Waals surface area contributed by atoms with Crippen LogP contribution >= 0.6 is 36.2 Å². The van der Waals surface area contributed by atoms with Gasteiger partial charge in [0.25, 0.3) is 0 Å². The lowest BCUT2D eigenvalue weighted by atomic mass is 9.97. The lowest BCUT2D eigenvalue weighted by Crippen LogP contribution is -2.45. The maximum absolute atomic E-state index is 6.20. The first-order valence-corrected chi connectivity index (χ1v) is 10.9. The number of hydrogen-bond donors (Lipinski definition) is 1. The minimum absolute atomic E-state index is 0. The molecular weight excluding hydrogens is 435 g/mol. The van der Waals surface area contributed by atoms with Gasteiger partial charge in [-0.05, 0) is 47.5 Å². The van der Waals surface area contributed by atoms with Gasteiger partial charge in [-0.25, -0.2) is 0 Å². The molecule has 0 aliphatic carbocycles. The number of thiophene rings is 1. The number of piperazine rings is 1. The average Bonchev–Trinajstić information content (AvgIpc) is 3.23. The third-order valence-corrected chi connectivity index (χ3v) is 6.28. The number of nitrogens with one attached hydrogen (secondary N) is 1. The summed E-state index contributed by atoms with van der Waals surface area (Å²) >= 11 is 1.85. The van der Waals surface area contributed by atoms with Crippen LogP contribution in [0.4, 0.5) is 0 Å². The number of nitrogens with zero attached hydrogens (tertiary/aromatic N) is 1. The van der Waals surface area contributed by atoms with Crippen LogP contribution in [0.15, 0.2) is 60.0 Å². The van der Waals surface area contributed by atoms with E-state index < -0.39 is 0 Å². The number of rotatable bonds is 6. The van der Waals surface area contributed by atoms with Crippen LogP contribution in [-0.2, 0) is 6.61 Å². The molecule has 1 atom stereocenters. The second kappa shape index (κ2) is 11.7. The van der Waals surface area contributed by atoms with Crippen molar-refractivity contribution in [3.63, 3.8) is 0 Å². The van der Waals surface area contributed by atoms with E-state index in [-0.39, 0.29) is 24.8 Å². The minimum atomic E-state index is 0. The molecule has 6 heteroatoms. The quantitative estimate of drug-likeness (QED) is 0.499. The maximum Gasteiger partial charge on any atom is 0.125 e. The number of halogens is 2. The molecule has 30 heavy (non-hydrogen) atoms. The van der Waals surface area contributed by atoms with Crippen molar-refractivity contribution in [2.75, 3.05) is 26.2 Å². The van der Waals surface area contributed by atoms with Crippen LogP contribution in [0, 0.1) is 13.8 Å². The SMILES string of the molecule is Cc1cc([C@@H](c2cccs2)N2CCNCC2)cc(C)c1OCc1ccccc1.Cl.Cl. The van der Waals surface area contributed by atoms with Crippen molar-refractivity contribution in [1.29, 1.82) is 0 Å². The lowest BCUT2D eigenvalue weighted by molar-refractivity contribution is 0.200. The van der Waals surface area contributed by atoms with Gasteiger partial charge in [0.2, 0.25) is 0 Å². The highest BCUT2D eigenvalue weighted by Gasteiger charge is 2.25. The Morgan fingerprint density at radius 2 is 1.63 bits per heavy atom. The Morgan fingerprint density at radius 3 is 2.23 bits per heavy atom. The molecule has 0 unspecified atom stereocenters. The highest BCUT2D eigenvalue weighted by Crippen LogP contribution is 2.36. The van der Waals surface area contributed by atoms with Crippen molar-refractivity contribution in [3.8, 4) is 5.75 Å². The first-order valence-electron chi connectivity index (χ1n) is 9.98. The lowest BCUT2D eigenvalue weighted by Gasteiger charge is -2.35. The van der Waals surface area contributed by atoms with Crippen molar-refractivity contribution in [2.45, 2.75) is 26.5 Å². The van der Waals surface area contributed by atoms with E-state index in [1.807, 2.05) is 17.4 Å². The van der Waals surface area contributed by atoms with Crippen molar-refractivity contribution in [3.05, 3.63) is 87.1 Å². The Morgan fingerprint density at radius 1 is 0.967 bits per heavy atom. The molecule has 0 amide bonds. The second-order valence-electron chi connectivity index (χ2n) is 7.46. The van der Waals surface area contributed by atoms with E-state index in [1.165, 1.54) is 27.1 Å². The highest BCUT2D eigenvalue weighted by molar-refractivity contribution is 7.10. The van der Waals surface area contributed by atoms with E-state index in [0.717, 1.165) is 31.9 Å². The normalized spacial score (nSPS) is 15.0. The van der Waals surface area contributed by atoms with Gasteiger partial charge in [0, 0.05) is 31.1 Å². The molecule has 3 nitrogen and oxygen atoms in total. The van der Waals surface area contributed by atoms with E-state index in [2.05, 4.69) is 78.0 Å². The fourth-order valence-corrected chi connectivity index (χ4v) is 4.93. The summed E-state index contributed by atoms with van der Waals surface area (Å²) in [5, 5.41) is 5.65. The predicted octanol–water partition coefficient (Wildman–Crippen LogP) is 5.78. The highest BCUT2D eigenvalue weighted by atomic mass is 35.5. The molecule has 4 rings (SSSR count). The molecule has 1 aromatic heterocycles. The molecule has 1 saturated heterocycles. The third-order valence-electron chi connectivity index (χ3n) is 5.35. The van der Waals surface area contributed by atoms with Crippen molar-refractivity contribution < 1.29 is 4.74 Å². The summed E-state index contributed by atoms with van der Waals surface area (Å²) in [6.07, 6.45) is 0. The van der Waals surface area contributed by atoms with E-state index in [0.29, 0.717) is 12.6 Å². The van der Waals surface area contributed by atoms with Crippen LogP contribution in [0.1, 0.15) is 33.2 Å². The Balaban J connectivity index is 0.00000160. The van der Waals surface area contributed by atoms with E-state index in [4.69, 9.17) is 4.74 Å². The fraction of sp³-hybridized carbons (Fsp3) is 0.333. The molecule has 3 aromatic rings. The molecule has 1 aliphatic heterocycles. The number of benzene rings is 2. The van der Waals surface area contributed by atoms with E-state index in [1.54, 1.807) is 0 Å². The summed E-state index contributed by atoms with van der Waals surface area (Å²) in [6, 6.07) is 19.7. The van der Waals surface area contributed by atoms with E-state index in [9.17, 15) is 0 Å². The van der Waals surface area contributed by atoms with Gasteiger partial charge in [-0.1, -0.05) is 48.5 Å². The summed E-state index contributed by atoms with van der Waals surface area (Å²) in [5.41, 5.74) is 4.99.